The van der Waals surface area contributed by atoms with Crippen molar-refractivity contribution in [2.24, 2.45) is 0 Å². The van der Waals surface area contributed by atoms with Crippen molar-refractivity contribution in [3.05, 3.63) is 63.6 Å². The molecule has 2 aromatic carbocycles. The normalized spacial score (nSPS) is 15.9. The Labute approximate surface area is 165 Å². The first-order chi connectivity index (χ1) is 12.9. The average molecular weight is 405 g/mol. The largest absolute Gasteiger partial charge is 0.492 e. The molecule has 1 aliphatic rings. The van der Waals surface area contributed by atoms with Gasteiger partial charge in [-0.1, -0.05) is 35.3 Å². The molecule has 0 bridgehead atoms. The number of anilines is 1. The van der Waals surface area contributed by atoms with Crippen LogP contribution < -0.4 is 15.0 Å². The minimum absolute atomic E-state index is 0.199. The Hall–Kier alpha value is -2.83. The summed E-state index contributed by atoms with van der Waals surface area (Å²) in [4.78, 5) is 38.0. The van der Waals surface area contributed by atoms with Gasteiger partial charge in [0.05, 0.1) is 17.3 Å². The third kappa shape index (κ3) is 3.97. The lowest BCUT2D eigenvalue weighted by Crippen LogP contribution is -2.54. The van der Waals surface area contributed by atoms with Gasteiger partial charge in [-0.05, 0) is 48.9 Å². The molecule has 1 heterocycles. The van der Waals surface area contributed by atoms with E-state index in [-0.39, 0.29) is 11.3 Å². The van der Waals surface area contributed by atoms with E-state index in [0.717, 1.165) is 4.90 Å². The van der Waals surface area contributed by atoms with Crippen LogP contribution in [0.4, 0.5) is 10.5 Å². The second kappa shape index (κ2) is 7.82. The number of rotatable bonds is 4. The number of barbiturate groups is 1. The van der Waals surface area contributed by atoms with E-state index in [0.29, 0.717) is 28.0 Å². The average Bonchev–Trinajstić information content (AvgIpc) is 2.61. The number of benzene rings is 2. The number of amides is 4. The van der Waals surface area contributed by atoms with Crippen LogP contribution >= 0.6 is 23.2 Å². The van der Waals surface area contributed by atoms with Crippen LogP contribution in [-0.4, -0.2) is 24.5 Å². The summed E-state index contributed by atoms with van der Waals surface area (Å²) in [7, 11) is 0. The maximum absolute atomic E-state index is 12.8. The third-order valence-corrected chi connectivity index (χ3v) is 4.27. The lowest BCUT2D eigenvalue weighted by molar-refractivity contribution is -0.122. The molecule has 4 amide bonds. The van der Waals surface area contributed by atoms with Crippen LogP contribution in [0.2, 0.25) is 10.0 Å². The van der Waals surface area contributed by atoms with Gasteiger partial charge in [0.1, 0.15) is 11.3 Å². The predicted molar refractivity (Wildman–Crippen MR) is 103 cm³/mol. The van der Waals surface area contributed by atoms with Crippen LogP contribution in [0.1, 0.15) is 12.5 Å². The number of nitrogens with zero attached hydrogens (tertiary/aromatic N) is 1. The number of imide groups is 2. The van der Waals surface area contributed by atoms with Crippen LogP contribution in [0.5, 0.6) is 5.75 Å². The van der Waals surface area contributed by atoms with Crippen molar-refractivity contribution in [2.45, 2.75) is 6.92 Å². The zero-order chi connectivity index (χ0) is 19.6. The fraction of sp³-hybridized carbons (Fsp3) is 0.105. The standard InChI is InChI=1S/C19H14Cl2N2O4/c1-2-27-16-7-6-11(9-15(16)21)8-14-17(24)22-19(26)23(18(14)25)13-5-3-4-12(20)10-13/h3-10H,2H2,1H3,(H,22,24,26). The Morgan fingerprint density at radius 2 is 1.89 bits per heavy atom. The van der Waals surface area contributed by atoms with Crippen LogP contribution in [0.15, 0.2) is 48.0 Å². The van der Waals surface area contributed by atoms with Gasteiger partial charge >= 0.3 is 6.03 Å². The minimum Gasteiger partial charge on any atom is -0.492 e. The van der Waals surface area contributed by atoms with Crippen LogP contribution in [0.25, 0.3) is 6.08 Å². The molecule has 1 fully saturated rings. The summed E-state index contributed by atoms with van der Waals surface area (Å²) in [6.07, 6.45) is 1.36. The van der Waals surface area contributed by atoms with E-state index >= 15 is 0 Å². The van der Waals surface area contributed by atoms with Gasteiger partial charge in [0, 0.05) is 5.02 Å². The minimum atomic E-state index is -0.839. The molecule has 27 heavy (non-hydrogen) atoms. The number of hydrogen-bond donors (Lipinski definition) is 1. The number of urea groups is 1. The van der Waals surface area contributed by atoms with E-state index in [1.54, 1.807) is 36.4 Å². The molecule has 138 valence electrons. The molecule has 6 nitrogen and oxygen atoms in total. The monoisotopic (exact) mass is 404 g/mol. The molecule has 3 rings (SSSR count). The van der Waals surface area contributed by atoms with Gasteiger partial charge in [0.2, 0.25) is 0 Å². The Morgan fingerprint density at radius 1 is 1.11 bits per heavy atom. The van der Waals surface area contributed by atoms with Gasteiger partial charge in [-0.25, -0.2) is 9.69 Å². The van der Waals surface area contributed by atoms with E-state index in [4.69, 9.17) is 27.9 Å². The molecule has 0 aliphatic carbocycles. The number of halogens is 2. The van der Waals surface area contributed by atoms with Gasteiger partial charge in [0.25, 0.3) is 11.8 Å². The third-order valence-electron chi connectivity index (χ3n) is 3.73. The van der Waals surface area contributed by atoms with Crippen molar-refractivity contribution in [1.82, 2.24) is 5.32 Å². The van der Waals surface area contributed by atoms with Crippen LogP contribution in [0, 0.1) is 0 Å². The molecule has 8 heteroatoms. The van der Waals surface area contributed by atoms with E-state index in [9.17, 15) is 14.4 Å². The van der Waals surface area contributed by atoms with Crippen molar-refractivity contribution in [1.29, 1.82) is 0 Å². The zero-order valence-corrected chi connectivity index (χ0v) is 15.7. The summed E-state index contributed by atoms with van der Waals surface area (Å²) in [5.41, 5.74) is 0.574. The van der Waals surface area contributed by atoms with Gasteiger partial charge in [0.15, 0.2) is 0 Å². The highest BCUT2D eigenvalue weighted by atomic mass is 35.5. The summed E-state index contributed by atoms with van der Waals surface area (Å²) in [6, 6.07) is 10.2. The number of nitrogens with one attached hydrogen (secondary N) is 1. The van der Waals surface area contributed by atoms with Crippen molar-refractivity contribution >= 4 is 52.8 Å². The molecule has 0 saturated carbocycles. The molecule has 0 atom stereocenters. The van der Waals surface area contributed by atoms with E-state index in [1.165, 1.54) is 12.1 Å². The molecule has 0 spiro atoms. The first kappa shape index (κ1) is 18.9. The van der Waals surface area contributed by atoms with Gasteiger partial charge in [-0.15, -0.1) is 0 Å². The van der Waals surface area contributed by atoms with Gasteiger partial charge in [-0.2, -0.15) is 0 Å². The van der Waals surface area contributed by atoms with Gasteiger partial charge < -0.3 is 4.74 Å². The highest BCUT2D eigenvalue weighted by Gasteiger charge is 2.36. The summed E-state index contributed by atoms with van der Waals surface area (Å²) in [5.74, 6) is -1.04. The second-order valence-corrected chi connectivity index (χ2v) is 6.40. The van der Waals surface area contributed by atoms with Crippen molar-refractivity contribution in [3.8, 4) is 5.75 Å². The molecule has 2 aromatic rings. The Morgan fingerprint density at radius 3 is 2.56 bits per heavy atom. The Kier molecular flexibility index (Phi) is 5.48. The zero-order valence-electron chi connectivity index (χ0n) is 14.2. The number of hydrogen-bond acceptors (Lipinski definition) is 4. The Balaban J connectivity index is 1.98. The lowest BCUT2D eigenvalue weighted by Gasteiger charge is -2.26. The summed E-state index contributed by atoms with van der Waals surface area (Å²) in [6.45, 7) is 2.29. The molecule has 1 saturated heterocycles. The fourth-order valence-corrected chi connectivity index (χ4v) is 2.98. The smallest absolute Gasteiger partial charge is 0.335 e. The number of ether oxygens (including phenoxy) is 1. The molecular formula is C19H14Cl2N2O4. The summed E-state index contributed by atoms with van der Waals surface area (Å²) in [5, 5.41) is 2.85. The lowest BCUT2D eigenvalue weighted by atomic mass is 10.1. The number of carbonyl (C=O) groups excluding carboxylic acids is 3. The van der Waals surface area contributed by atoms with Gasteiger partial charge in [-0.3, -0.25) is 14.9 Å². The van der Waals surface area contributed by atoms with Crippen LogP contribution in [0.3, 0.4) is 0 Å². The molecular weight excluding hydrogens is 391 g/mol. The van der Waals surface area contributed by atoms with E-state index in [2.05, 4.69) is 5.32 Å². The van der Waals surface area contributed by atoms with Crippen LogP contribution in [-0.2, 0) is 9.59 Å². The predicted octanol–water partition coefficient (Wildman–Crippen LogP) is 4.06. The molecule has 1 aliphatic heterocycles. The molecule has 0 aromatic heterocycles. The molecule has 0 radical (unpaired) electrons. The first-order valence-corrected chi connectivity index (χ1v) is 8.75. The topological polar surface area (TPSA) is 75.7 Å². The molecule has 1 N–H and O–H groups in total. The summed E-state index contributed by atoms with van der Waals surface area (Å²) < 4.78 is 5.36. The van der Waals surface area contributed by atoms with E-state index in [1.807, 2.05) is 6.92 Å². The van der Waals surface area contributed by atoms with Crippen molar-refractivity contribution < 1.29 is 19.1 Å². The molecule has 0 unspecified atom stereocenters. The highest BCUT2D eigenvalue weighted by molar-refractivity contribution is 6.39. The fourth-order valence-electron chi connectivity index (χ4n) is 2.55. The summed E-state index contributed by atoms with van der Waals surface area (Å²) >= 11 is 12.1. The van der Waals surface area contributed by atoms with E-state index < -0.39 is 17.8 Å². The quantitative estimate of drug-likeness (QED) is 0.615. The van der Waals surface area contributed by atoms with Crippen molar-refractivity contribution in [2.75, 3.05) is 11.5 Å². The SMILES string of the molecule is CCOc1ccc(C=C2C(=O)NC(=O)N(c3cccc(Cl)c3)C2=O)cc1Cl. The van der Waals surface area contributed by atoms with Crippen molar-refractivity contribution in [3.63, 3.8) is 0 Å². The number of carbonyl (C=O) groups is 3. The Bertz CT molecular complexity index is 972. The maximum Gasteiger partial charge on any atom is 0.335 e. The second-order valence-electron chi connectivity index (χ2n) is 5.56. The first-order valence-electron chi connectivity index (χ1n) is 8.00. The maximum atomic E-state index is 12.8. The highest BCUT2D eigenvalue weighted by Crippen LogP contribution is 2.28.